The first kappa shape index (κ1) is 21.0. The molecule has 2 amide bonds. The van der Waals surface area contributed by atoms with Gasteiger partial charge in [-0.05, 0) is 72.8 Å². The molecule has 0 aliphatic heterocycles. The van der Waals surface area contributed by atoms with Crippen LogP contribution in [0.3, 0.4) is 0 Å². The van der Waals surface area contributed by atoms with Gasteiger partial charge in [-0.1, -0.05) is 60.7 Å². The fraction of sp³-hybridized carbons (Fsp3) is 0.481. The van der Waals surface area contributed by atoms with E-state index < -0.39 is 6.09 Å². The van der Waals surface area contributed by atoms with Crippen molar-refractivity contribution in [3.05, 3.63) is 71.8 Å². The minimum Gasteiger partial charge on any atom is -0.465 e. The molecular weight excluding hydrogens is 400 g/mol. The van der Waals surface area contributed by atoms with E-state index in [2.05, 4.69) is 22.8 Å². The number of nitrogens with one attached hydrogen (secondary N) is 2. The van der Waals surface area contributed by atoms with Crippen molar-refractivity contribution >= 4 is 12.0 Å². The van der Waals surface area contributed by atoms with Crippen molar-refractivity contribution < 1.29 is 14.7 Å². The number of benzene rings is 2. The summed E-state index contributed by atoms with van der Waals surface area (Å²) in [6, 6.07) is 20.3. The SMILES string of the molecule is O=C(O)NC1C2CC3CC1CC(CNC(=O)C(Cc1ccccc1)c1ccccc1)(C3)C2. The molecule has 5 nitrogen and oxygen atoms in total. The lowest BCUT2D eigenvalue weighted by atomic mass is 9.48. The highest BCUT2D eigenvalue weighted by atomic mass is 16.4. The molecule has 168 valence electrons. The smallest absolute Gasteiger partial charge is 0.404 e. The highest BCUT2D eigenvalue weighted by molar-refractivity contribution is 5.84. The van der Waals surface area contributed by atoms with Crippen LogP contribution in [0.15, 0.2) is 60.7 Å². The fourth-order valence-electron chi connectivity index (χ4n) is 7.08. The number of rotatable bonds is 7. The van der Waals surface area contributed by atoms with E-state index in [1.165, 1.54) is 0 Å². The van der Waals surface area contributed by atoms with Gasteiger partial charge in [-0.25, -0.2) is 4.79 Å². The summed E-state index contributed by atoms with van der Waals surface area (Å²) in [5, 5.41) is 15.4. The average molecular weight is 433 g/mol. The van der Waals surface area contributed by atoms with Crippen molar-refractivity contribution in [2.45, 2.75) is 50.5 Å². The molecule has 6 rings (SSSR count). The molecule has 2 aromatic carbocycles. The molecule has 0 saturated heterocycles. The standard InChI is InChI=1S/C27H32N2O3/c30-25(23(20-9-5-2-6-10-20)13-18-7-3-1-4-8-18)28-17-27-14-19-11-21(15-27)24(29-26(31)32)22(12-19)16-27/h1-10,19,21-24,29H,11-17H2,(H,28,30)(H,31,32). The van der Waals surface area contributed by atoms with Crippen LogP contribution in [0, 0.1) is 23.2 Å². The topological polar surface area (TPSA) is 78.4 Å². The molecule has 2 aromatic rings. The molecule has 0 aromatic heterocycles. The molecular formula is C27H32N2O3. The third-order valence-corrected chi connectivity index (χ3v) is 8.13. The summed E-state index contributed by atoms with van der Waals surface area (Å²) in [6.45, 7) is 0.702. The summed E-state index contributed by atoms with van der Waals surface area (Å²) in [4.78, 5) is 24.7. The van der Waals surface area contributed by atoms with Gasteiger partial charge in [0, 0.05) is 12.6 Å². The van der Waals surface area contributed by atoms with Crippen LogP contribution in [-0.4, -0.2) is 29.7 Å². The van der Waals surface area contributed by atoms with Crippen LogP contribution in [0.5, 0.6) is 0 Å². The van der Waals surface area contributed by atoms with Crippen LogP contribution >= 0.6 is 0 Å². The highest BCUT2D eigenvalue weighted by Gasteiger charge is 2.55. The third kappa shape index (κ3) is 4.25. The molecule has 32 heavy (non-hydrogen) atoms. The predicted octanol–water partition coefficient (Wildman–Crippen LogP) is 4.59. The lowest BCUT2D eigenvalue weighted by Crippen LogP contribution is -2.61. The number of hydrogen-bond donors (Lipinski definition) is 3. The molecule has 4 fully saturated rings. The van der Waals surface area contributed by atoms with Crippen LogP contribution in [0.1, 0.15) is 49.1 Å². The fourth-order valence-corrected chi connectivity index (χ4v) is 7.08. The molecule has 0 radical (unpaired) electrons. The van der Waals surface area contributed by atoms with E-state index in [0.29, 0.717) is 30.7 Å². The first-order valence-electron chi connectivity index (χ1n) is 11.9. The zero-order valence-electron chi connectivity index (χ0n) is 18.4. The van der Waals surface area contributed by atoms with Crippen LogP contribution in [0.4, 0.5) is 4.79 Å². The van der Waals surface area contributed by atoms with Gasteiger partial charge in [0.1, 0.15) is 0 Å². The lowest BCUT2D eigenvalue weighted by molar-refractivity contribution is -0.125. The molecule has 3 N–H and O–H groups in total. The van der Waals surface area contributed by atoms with E-state index in [0.717, 1.165) is 43.2 Å². The van der Waals surface area contributed by atoms with Gasteiger partial charge in [0.2, 0.25) is 5.91 Å². The van der Waals surface area contributed by atoms with Gasteiger partial charge in [0.15, 0.2) is 0 Å². The van der Waals surface area contributed by atoms with Gasteiger partial charge in [0.25, 0.3) is 0 Å². The quantitative estimate of drug-likeness (QED) is 0.599. The van der Waals surface area contributed by atoms with Crippen LogP contribution in [-0.2, 0) is 11.2 Å². The Morgan fingerprint density at radius 3 is 2.19 bits per heavy atom. The second-order valence-corrected chi connectivity index (χ2v) is 10.3. The Morgan fingerprint density at radius 1 is 0.938 bits per heavy atom. The maximum Gasteiger partial charge on any atom is 0.404 e. The first-order valence-corrected chi connectivity index (χ1v) is 11.9. The van der Waals surface area contributed by atoms with Gasteiger partial charge < -0.3 is 15.7 Å². The predicted molar refractivity (Wildman–Crippen MR) is 123 cm³/mol. The van der Waals surface area contributed by atoms with Gasteiger partial charge in [-0.3, -0.25) is 4.79 Å². The van der Waals surface area contributed by atoms with Gasteiger partial charge in [-0.2, -0.15) is 0 Å². The van der Waals surface area contributed by atoms with E-state index in [1.54, 1.807) is 0 Å². The Bertz CT molecular complexity index is 945. The molecule has 4 aliphatic carbocycles. The molecule has 0 heterocycles. The van der Waals surface area contributed by atoms with Gasteiger partial charge in [0.05, 0.1) is 5.92 Å². The summed E-state index contributed by atoms with van der Waals surface area (Å²) in [5.74, 6) is 1.36. The van der Waals surface area contributed by atoms with E-state index in [9.17, 15) is 14.7 Å². The Hall–Kier alpha value is -2.82. The van der Waals surface area contributed by atoms with Crippen molar-refractivity contribution in [3.63, 3.8) is 0 Å². The summed E-state index contributed by atoms with van der Waals surface area (Å²) in [7, 11) is 0. The zero-order chi connectivity index (χ0) is 22.1. The summed E-state index contributed by atoms with van der Waals surface area (Å²) < 4.78 is 0. The lowest BCUT2D eigenvalue weighted by Gasteiger charge is -2.60. The molecule has 5 heteroatoms. The molecule has 4 saturated carbocycles. The number of carbonyl (C=O) groups excluding carboxylic acids is 1. The first-order chi connectivity index (χ1) is 15.5. The van der Waals surface area contributed by atoms with Crippen molar-refractivity contribution in [3.8, 4) is 0 Å². The monoisotopic (exact) mass is 432 g/mol. The Morgan fingerprint density at radius 2 is 1.56 bits per heavy atom. The average Bonchev–Trinajstić information content (AvgIpc) is 2.79. The Labute approximate surface area is 189 Å². The summed E-state index contributed by atoms with van der Waals surface area (Å²) >= 11 is 0. The second-order valence-electron chi connectivity index (χ2n) is 10.3. The van der Waals surface area contributed by atoms with E-state index in [1.807, 2.05) is 48.5 Å². The third-order valence-electron chi connectivity index (χ3n) is 8.13. The minimum absolute atomic E-state index is 0.0861. The van der Waals surface area contributed by atoms with E-state index in [-0.39, 0.29) is 23.3 Å². The second kappa shape index (κ2) is 8.61. The molecule has 0 spiro atoms. The maximum atomic E-state index is 13.4. The number of carboxylic acid groups (broad SMARTS) is 1. The van der Waals surface area contributed by atoms with Crippen molar-refractivity contribution in [1.82, 2.24) is 10.6 Å². The van der Waals surface area contributed by atoms with Crippen molar-refractivity contribution in [2.24, 2.45) is 23.2 Å². The van der Waals surface area contributed by atoms with E-state index in [4.69, 9.17) is 0 Å². The normalized spacial score (nSPS) is 31.1. The van der Waals surface area contributed by atoms with Crippen molar-refractivity contribution in [2.75, 3.05) is 6.54 Å². The maximum absolute atomic E-state index is 13.4. The Kier molecular flexibility index (Phi) is 5.66. The molecule has 3 unspecified atom stereocenters. The van der Waals surface area contributed by atoms with E-state index >= 15 is 0 Å². The largest absolute Gasteiger partial charge is 0.465 e. The van der Waals surface area contributed by atoms with Crippen molar-refractivity contribution in [1.29, 1.82) is 0 Å². The zero-order valence-corrected chi connectivity index (χ0v) is 18.4. The highest BCUT2D eigenvalue weighted by Crippen LogP contribution is 2.59. The number of amides is 2. The van der Waals surface area contributed by atoms with Crippen LogP contribution < -0.4 is 10.6 Å². The number of carbonyl (C=O) groups is 2. The molecule has 4 aliphatic rings. The Balaban J connectivity index is 1.29. The minimum atomic E-state index is -0.906. The van der Waals surface area contributed by atoms with Gasteiger partial charge >= 0.3 is 6.09 Å². The molecule has 3 atom stereocenters. The van der Waals surface area contributed by atoms with Crippen LogP contribution in [0.25, 0.3) is 0 Å². The van der Waals surface area contributed by atoms with Crippen LogP contribution in [0.2, 0.25) is 0 Å². The molecule has 4 bridgehead atoms. The summed E-state index contributed by atoms with van der Waals surface area (Å²) in [6.07, 6.45) is 5.21. The van der Waals surface area contributed by atoms with Gasteiger partial charge in [-0.15, -0.1) is 0 Å². The number of hydrogen-bond acceptors (Lipinski definition) is 2. The summed E-state index contributed by atoms with van der Waals surface area (Å²) in [5.41, 5.74) is 2.33.